The minimum absolute atomic E-state index is 0.476. The highest BCUT2D eigenvalue weighted by Gasteiger charge is 2.17. The Balaban J connectivity index is 1.69. The van der Waals surface area contributed by atoms with Gasteiger partial charge in [-0.1, -0.05) is 55.3 Å². The van der Waals surface area contributed by atoms with Gasteiger partial charge >= 0.3 is 0 Å². The highest BCUT2D eigenvalue weighted by molar-refractivity contribution is 5.69. The van der Waals surface area contributed by atoms with Gasteiger partial charge in [0.05, 0.1) is 5.69 Å². The van der Waals surface area contributed by atoms with Crippen molar-refractivity contribution < 1.29 is 0 Å². The van der Waals surface area contributed by atoms with Gasteiger partial charge in [-0.15, -0.1) is 0 Å². The minimum Gasteiger partial charge on any atom is -0.351 e. The van der Waals surface area contributed by atoms with Crippen LogP contribution in [0.15, 0.2) is 54.6 Å². The molecule has 1 aliphatic rings. The third-order valence-electron chi connectivity index (χ3n) is 5.35. The van der Waals surface area contributed by atoms with Gasteiger partial charge in [-0.25, -0.2) is 4.98 Å². The molecule has 0 unspecified atom stereocenters. The van der Waals surface area contributed by atoms with Crippen LogP contribution in [0, 0.1) is 13.8 Å². The number of aryl methyl sites for hydroxylation is 1. The number of aromatic nitrogens is 2. The van der Waals surface area contributed by atoms with Crippen molar-refractivity contribution in [2.24, 2.45) is 0 Å². The zero-order valence-corrected chi connectivity index (χ0v) is 16.0. The summed E-state index contributed by atoms with van der Waals surface area (Å²) < 4.78 is 0. The first-order valence-corrected chi connectivity index (χ1v) is 9.73. The first kappa shape index (κ1) is 17.5. The molecule has 1 heterocycles. The third-order valence-corrected chi connectivity index (χ3v) is 5.35. The predicted octanol–water partition coefficient (Wildman–Crippen LogP) is 5.86. The largest absolute Gasteiger partial charge is 0.351 e. The van der Waals surface area contributed by atoms with Crippen LogP contribution in [0.1, 0.15) is 36.8 Å². The predicted molar refractivity (Wildman–Crippen MR) is 113 cm³/mol. The summed E-state index contributed by atoms with van der Waals surface area (Å²) in [7, 11) is 0. The Labute approximate surface area is 161 Å². The standard InChI is InChI=1S/C23H26N4/c1-16-9-8-14-20(17(16)2)25-22-15-21(18-10-4-3-5-11-18)26-23(27-22)24-19-12-6-7-13-19/h3-5,8-11,14-15,19H,6-7,12-13H2,1-2H3,(H2,24,25,26,27). The topological polar surface area (TPSA) is 49.8 Å². The summed E-state index contributed by atoms with van der Waals surface area (Å²) in [6, 6.07) is 19.1. The van der Waals surface area contributed by atoms with Gasteiger partial charge in [0.25, 0.3) is 0 Å². The Kier molecular flexibility index (Phi) is 5.05. The zero-order valence-electron chi connectivity index (χ0n) is 16.0. The molecule has 4 nitrogen and oxygen atoms in total. The van der Waals surface area contributed by atoms with Gasteiger partial charge in [-0.2, -0.15) is 4.98 Å². The number of nitrogens with zero attached hydrogens (tertiary/aromatic N) is 2. The monoisotopic (exact) mass is 358 g/mol. The molecule has 3 aromatic rings. The van der Waals surface area contributed by atoms with Crippen molar-refractivity contribution in [3.8, 4) is 11.3 Å². The van der Waals surface area contributed by atoms with Crippen LogP contribution in [0.3, 0.4) is 0 Å². The molecule has 0 spiro atoms. The first-order valence-electron chi connectivity index (χ1n) is 9.73. The van der Waals surface area contributed by atoms with Gasteiger partial charge in [-0.3, -0.25) is 0 Å². The molecule has 0 saturated heterocycles. The molecule has 0 amide bonds. The van der Waals surface area contributed by atoms with E-state index in [1.165, 1.54) is 36.8 Å². The molecule has 0 radical (unpaired) electrons. The van der Waals surface area contributed by atoms with E-state index in [-0.39, 0.29) is 0 Å². The van der Waals surface area contributed by atoms with Crippen LogP contribution in [-0.2, 0) is 0 Å². The lowest BCUT2D eigenvalue weighted by Gasteiger charge is -2.16. The van der Waals surface area contributed by atoms with Crippen LogP contribution in [-0.4, -0.2) is 16.0 Å². The van der Waals surface area contributed by atoms with Crippen molar-refractivity contribution in [3.63, 3.8) is 0 Å². The molecule has 0 bridgehead atoms. The molecule has 0 atom stereocenters. The van der Waals surface area contributed by atoms with Gasteiger partial charge in [0.2, 0.25) is 5.95 Å². The number of benzene rings is 2. The van der Waals surface area contributed by atoms with Crippen molar-refractivity contribution in [1.82, 2.24) is 9.97 Å². The fourth-order valence-electron chi connectivity index (χ4n) is 3.61. The maximum Gasteiger partial charge on any atom is 0.225 e. The molecule has 0 aliphatic heterocycles. The Hall–Kier alpha value is -2.88. The summed E-state index contributed by atoms with van der Waals surface area (Å²) in [4.78, 5) is 9.54. The average molecular weight is 358 g/mol. The lowest BCUT2D eigenvalue weighted by molar-refractivity contribution is 0.744. The van der Waals surface area contributed by atoms with Crippen LogP contribution < -0.4 is 10.6 Å². The van der Waals surface area contributed by atoms with Gasteiger partial charge in [0.15, 0.2) is 0 Å². The number of hydrogen-bond acceptors (Lipinski definition) is 4. The average Bonchev–Trinajstić information content (AvgIpc) is 3.19. The van der Waals surface area contributed by atoms with E-state index in [0.29, 0.717) is 12.0 Å². The molecule has 4 rings (SSSR count). The van der Waals surface area contributed by atoms with E-state index in [2.05, 4.69) is 54.8 Å². The summed E-state index contributed by atoms with van der Waals surface area (Å²) in [6.07, 6.45) is 4.95. The van der Waals surface area contributed by atoms with E-state index in [9.17, 15) is 0 Å². The van der Waals surface area contributed by atoms with Crippen LogP contribution in [0.2, 0.25) is 0 Å². The molecular weight excluding hydrogens is 332 g/mol. The Bertz CT molecular complexity index is 915. The highest BCUT2D eigenvalue weighted by atomic mass is 15.2. The quantitative estimate of drug-likeness (QED) is 0.600. The molecule has 2 aromatic carbocycles. The van der Waals surface area contributed by atoms with E-state index in [0.717, 1.165) is 22.8 Å². The Morgan fingerprint density at radius 2 is 1.67 bits per heavy atom. The first-order chi connectivity index (χ1) is 13.2. The summed E-state index contributed by atoms with van der Waals surface area (Å²) in [6.45, 7) is 4.26. The van der Waals surface area contributed by atoms with Crippen molar-refractivity contribution >= 4 is 17.5 Å². The second-order valence-electron chi connectivity index (χ2n) is 7.33. The molecule has 1 saturated carbocycles. The summed E-state index contributed by atoms with van der Waals surface area (Å²) >= 11 is 0. The fourth-order valence-corrected chi connectivity index (χ4v) is 3.61. The molecule has 27 heavy (non-hydrogen) atoms. The number of nitrogens with one attached hydrogen (secondary N) is 2. The van der Waals surface area contributed by atoms with Gasteiger partial charge < -0.3 is 10.6 Å². The maximum absolute atomic E-state index is 4.79. The summed E-state index contributed by atoms with van der Waals surface area (Å²) in [5, 5.41) is 7.04. The normalized spacial score (nSPS) is 14.3. The number of rotatable bonds is 5. The van der Waals surface area contributed by atoms with E-state index < -0.39 is 0 Å². The van der Waals surface area contributed by atoms with Crippen molar-refractivity contribution in [2.45, 2.75) is 45.6 Å². The number of hydrogen-bond donors (Lipinski definition) is 2. The van der Waals surface area contributed by atoms with E-state index >= 15 is 0 Å². The van der Waals surface area contributed by atoms with Crippen molar-refractivity contribution in [1.29, 1.82) is 0 Å². The zero-order chi connectivity index (χ0) is 18.6. The maximum atomic E-state index is 4.79. The smallest absolute Gasteiger partial charge is 0.225 e. The van der Waals surface area contributed by atoms with E-state index in [1.807, 2.05) is 24.3 Å². The van der Waals surface area contributed by atoms with Gasteiger partial charge in [-0.05, 0) is 43.9 Å². The number of anilines is 3. The van der Waals surface area contributed by atoms with Crippen LogP contribution in [0.25, 0.3) is 11.3 Å². The Morgan fingerprint density at radius 1 is 0.889 bits per heavy atom. The SMILES string of the molecule is Cc1cccc(Nc2cc(-c3ccccc3)nc(NC3CCCC3)n2)c1C. The Morgan fingerprint density at radius 3 is 2.44 bits per heavy atom. The van der Waals surface area contributed by atoms with Crippen molar-refractivity contribution in [2.75, 3.05) is 10.6 Å². The second kappa shape index (κ2) is 7.78. The fraction of sp³-hybridized carbons (Fsp3) is 0.304. The van der Waals surface area contributed by atoms with Crippen LogP contribution >= 0.6 is 0 Å². The van der Waals surface area contributed by atoms with Crippen molar-refractivity contribution in [3.05, 3.63) is 65.7 Å². The molecule has 4 heteroatoms. The summed E-state index contributed by atoms with van der Waals surface area (Å²) in [5.41, 5.74) is 5.61. The molecule has 1 aliphatic carbocycles. The van der Waals surface area contributed by atoms with Gasteiger partial charge in [0, 0.05) is 23.4 Å². The highest BCUT2D eigenvalue weighted by Crippen LogP contribution is 2.27. The minimum atomic E-state index is 0.476. The molecule has 138 valence electrons. The molecular formula is C23H26N4. The van der Waals surface area contributed by atoms with Crippen LogP contribution in [0.5, 0.6) is 0 Å². The second-order valence-corrected chi connectivity index (χ2v) is 7.33. The molecule has 1 aromatic heterocycles. The van der Waals surface area contributed by atoms with E-state index in [4.69, 9.17) is 9.97 Å². The lowest BCUT2D eigenvalue weighted by Crippen LogP contribution is -2.17. The molecule has 2 N–H and O–H groups in total. The summed E-state index contributed by atoms with van der Waals surface area (Å²) in [5.74, 6) is 1.52. The van der Waals surface area contributed by atoms with Crippen LogP contribution in [0.4, 0.5) is 17.5 Å². The van der Waals surface area contributed by atoms with E-state index in [1.54, 1.807) is 0 Å². The third kappa shape index (κ3) is 4.11. The molecule has 1 fully saturated rings. The lowest BCUT2D eigenvalue weighted by atomic mass is 10.1. The van der Waals surface area contributed by atoms with Gasteiger partial charge in [0.1, 0.15) is 5.82 Å².